The number of nitrogens with zero attached hydrogens (tertiary/aromatic N) is 1. The summed E-state index contributed by atoms with van der Waals surface area (Å²) in [4.78, 5) is 2.51. The molecule has 7 aromatic carbocycles. The van der Waals surface area contributed by atoms with Crippen LogP contribution in [0.5, 0.6) is 0 Å². The predicted molar refractivity (Wildman–Crippen MR) is 249 cm³/mol. The van der Waals surface area contributed by atoms with Gasteiger partial charge in [0.2, 0.25) is 0 Å². The molecular weight excluding hydrogens is 711 g/mol. The highest BCUT2D eigenvalue weighted by Gasteiger charge is 2.40. The molecule has 0 radical (unpaired) electrons. The molecule has 7 aromatic rings. The van der Waals surface area contributed by atoms with Crippen LogP contribution in [0.25, 0.3) is 44.5 Å². The molecule has 59 heavy (non-hydrogen) atoms. The van der Waals surface area contributed by atoms with Crippen molar-refractivity contribution in [2.75, 3.05) is 4.90 Å². The summed E-state index contributed by atoms with van der Waals surface area (Å²) in [5, 5.41) is 0. The van der Waals surface area contributed by atoms with Crippen LogP contribution in [0.3, 0.4) is 0 Å². The van der Waals surface area contributed by atoms with Crippen molar-refractivity contribution >= 4 is 17.1 Å². The monoisotopic (exact) mass is 765 g/mol. The standard InChI is InChI=1S/C58H55N/c1-58(2)55-16-10-9-15-52(55)57-54(47-25-21-42(22-26-47)40-11-5-3-6-12-40)37-51(38-56(57)58)59(49-31-27-44(28-32-49)41-13-7-4-8-14-41)50-33-29-45(30-34-50)43-19-23-46(24-20-43)53-36-39-17-18-48(53)35-39/h3,5-6,9-12,15-16,19-34,37-39,41,48,53H,4,7-8,13-14,17-18,35-36H2,1-2H3. The van der Waals surface area contributed by atoms with Crippen molar-refractivity contribution in [3.05, 3.63) is 186 Å². The van der Waals surface area contributed by atoms with Gasteiger partial charge in [-0.3, -0.25) is 0 Å². The maximum absolute atomic E-state index is 2.51. The maximum atomic E-state index is 2.51. The van der Waals surface area contributed by atoms with E-state index in [0.29, 0.717) is 5.92 Å². The molecule has 2 bridgehead atoms. The smallest absolute Gasteiger partial charge is 0.0471 e. The van der Waals surface area contributed by atoms with E-state index in [9.17, 15) is 0 Å². The lowest BCUT2D eigenvalue weighted by Crippen LogP contribution is -2.17. The molecular formula is C58H55N. The van der Waals surface area contributed by atoms with E-state index in [1.807, 2.05) is 0 Å². The Bertz CT molecular complexity index is 2590. The number of anilines is 3. The highest BCUT2D eigenvalue weighted by atomic mass is 15.1. The Balaban J connectivity index is 1.02. The van der Waals surface area contributed by atoms with Crippen molar-refractivity contribution in [1.29, 1.82) is 0 Å². The van der Waals surface area contributed by atoms with Gasteiger partial charge in [0.05, 0.1) is 0 Å². The zero-order valence-corrected chi connectivity index (χ0v) is 34.7. The second-order valence-electron chi connectivity index (χ2n) is 18.7. The highest BCUT2D eigenvalue weighted by molar-refractivity contribution is 5.96. The van der Waals surface area contributed by atoms with Crippen molar-refractivity contribution in [3.8, 4) is 44.5 Å². The second kappa shape index (κ2) is 14.9. The summed E-state index contributed by atoms with van der Waals surface area (Å²) < 4.78 is 0. The van der Waals surface area contributed by atoms with Gasteiger partial charge in [0.1, 0.15) is 0 Å². The average molecular weight is 766 g/mol. The van der Waals surface area contributed by atoms with Crippen LogP contribution < -0.4 is 4.90 Å². The minimum absolute atomic E-state index is 0.148. The van der Waals surface area contributed by atoms with Gasteiger partial charge in [-0.25, -0.2) is 0 Å². The van der Waals surface area contributed by atoms with Gasteiger partial charge < -0.3 is 4.90 Å². The summed E-state index contributed by atoms with van der Waals surface area (Å²) in [6.45, 7) is 4.81. The second-order valence-corrected chi connectivity index (χ2v) is 18.7. The molecule has 1 nitrogen and oxygen atoms in total. The van der Waals surface area contributed by atoms with Crippen LogP contribution in [0.4, 0.5) is 17.1 Å². The molecule has 3 unspecified atom stereocenters. The third-order valence-corrected chi connectivity index (χ3v) is 15.0. The van der Waals surface area contributed by atoms with E-state index in [0.717, 1.165) is 17.8 Å². The van der Waals surface area contributed by atoms with Gasteiger partial charge in [-0.05, 0) is 159 Å². The first-order valence-corrected chi connectivity index (χ1v) is 22.5. The SMILES string of the molecule is CC1(C)c2ccccc2-c2c(-c3ccc(-c4ccccc4)cc3)cc(N(c3ccc(-c4ccc(C5CC6CCC5C6)cc4)cc3)c3ccc(C4CCCCC4)cc3)cc21. The molecule has 1 heteroatoms. The van der Waals surface area contributed by atoms with Gasteiger partial charge >= 0.3 is 0 Å². The molecule has 0 heterocycles. The zero-order valence-electron chi connectivity index (χ0n) is 34.7. The molecule has 0 aliphatic heterocycles. The van der Waals surface area contributed by atoms with E-state index in [1.165, 1.54) is 136 Å². The van der Waals surface area contributed by atoms with E-state index in [1.54, 1.807) is 5.56 Å². The van der Waals surface area contributed by atoms with Crippen molar-refractivity contribution in [1.82, 2.24) is 0 Å². The third kappa shape index (κ3) is 6.55. The minimum Gasteiger partial charge on any atom is -0.310 e. The first kappa shape index (κ1) is 36.4. The number of fused-ring (bicyclic) bond motifs is 5. The normalized spacial score (nSPS) is 20.3. The summed E-state index contributed by atoms with van der Waals surface area (Å²) in [5.41, 5.74) is 19.5. The Kier molecular flexibility index (Phi) is 9.18. The zero-order chi connectivity index (χ0) is 39.5. The molecule has 0 amide bonds. The Labute approximate surface area is 351 Å². The molecule has 0 N–H and O–H groups in total. The van der Waals surface area contributed by atoms with E-state index in [2.05, 4.69) is 183 Å². The molecule has 0 spiro atoms. The number of hydrogen-bond donors (Lipinski definition) is 0. The third-order valence-electron chi connectivity index (χ3n) is 15.0. The van der Waals surface area contributed by atoms with Crippen molar-refractivity contribution in [2.24, 2.45) is 11.8 Å². The Hall–Kier alpha value is -5.66. The Morgan fingerprint density at radius 2 is 1.02 bits per heavy atom. The summed E-state index contributed by atoms with van der Waals surface area (Å²) in [6, 6.07) is 62.5. The van der Waals surface area contributed by atoms with Crippen LogP contribution in [0.1, 0.15) is 106 Å². The summed E-state index contributed by atoms with van der Waals surface area (Å²) in [7, 11) is 0. The number of rotatable bonds is 8. The van der Waals surface area contributed by atoms with E-state index < -0.39 is 0 Å². The number of benzene rings is 7. The maximum Gasteiger partial charge on any atom is 0.0471 e. The summed E-state index contributed by atoms with van der Waals surface area (Å²) in [6.07, 6.45) is 12.4. The van der Waals surface area contributed by atoms with Gasteiger partial charge in [0.15, 0.2) is 0 Å². The van der Waals surface area contributed by atoms with Gasteiger partial charge in [-0.1, -0.05) is 167 Å². The van der Waals surface area contributed by atoms with Crippen molar-refractivity contribution in [3.63, 3.8) is 0 Å². The molecule has 11 rings (SSSR count). The fourth-order valence-electron chi connectivity index (χ4n) is 11.8. The van der Waals surface area contributed by atoms with Crippen molar-refractivity contribution in [2.45, 2.75) is 88.9 Å². The van der Waals surface area contributed by atoms with Crippen LogP contribution in [-0.4, -0.2) is 0 Å². The Morgan fingerprint density at radius 1 is 0.441 bits per heavy atom. The minimum atomic E-state index is -0.148. The highest BCUT2D eigenvalue weighted by Crippen LogP contribution is 2.55. The lowest BCUT2D eigenvalue weighted by Gasteiger charge is -2.30. The molecule has 3 atom stereocenters. The molecule has 4 aliphatic rings. The lowest BCUT2D eigenvalue weighted by atomic mass is 9.81. The van der Waals surface area contributed by atoms with Gasteiger partial charge in [0, 0.05) is 22.5 Å². The average Bonchev–Trinajstić information content (AvgIpc) is 4.00. The molecule has 0 saturated heterocycles. The van der Waals surface area contributed by atoms with Crippen LogP contribution >= 0.6 is 0 Å². The molecule has 3 saturated carbocycles. The molecule has 4 aliphatic carbocycles. The topological polar surface area (TPSA) is 3.24 Å². The first-order chi connectivity index (χ1) is 29.0. The van der Waals surface area contributed by atoms with Crippen LogP contribution in [0.15, 0.2) is 164 Å². The van der Waals surface area contributed by atoms with Gasteiger partial charge in [-0.15, -0.1) is 0 Å². The molecule has 0 aromatic heterocycles. The summed E-state index contributed by atoms with van der Waals surface area (Å²) in [5.74, 6) is 3.30. The van der Waals surface area contributed by atoms with E-state index in [4.69, 9.17) is 0 Å². The molecule has 3 fully saturated rings. The fourth-order valence-corrected chi connectivity index (χ4v) is 11.8. The number of hydrogen-bond acceptors (Lipinski definition) is 1. The largest absolute Gasteiger partial charge is 0.310 e. The molecule has 292 valence electrons. The van der Waals surface area contributed by atoms with Crippen LogP contribution in [0.2, 0.25) is 0 Å². The van der Waals surface area contributed by atoms with Gasteiger partial charge in [0.25, 0.3) is 0 Å². The summed E-state index contributed by atoms with van der Waals surface area (Å²) >= 11 is 0. The van der Waals surface area contributed by atoms with Crippen LogP contribution in [0, 0.1) is 11.8 Å². The fraction of sp³-hybridized carbons (Fsp3) is 0.276. The van der Waals surface area contributed by atoms with E-state index in [-0.39, 0.29) is 5.41 Å². The predicted octanol–water partition coefficient (Wildman–Crippen LogP) is 16.4. The van der Waals surface area contributed by atoms with Crippen molar-refractivity contribution < 1.29 is 0 Å². The Morgan fingerprint density at radius 3 is 1.68 bits per heavy atom. The van der Waals surface area contributed by atoms with E-state index >= 15 is 0 Å². The van der Waals surface area contributed by atoms with Crippen LogP contribution in [-0.2, 0) is 5.41 Å². The first-order valence-electron chi connectivity index (χ1n) is 22.5. The van der Waals surface area contributed by atoms with Gasteiger partial charge in [-0.2, -0.15) is 0 Å². The quantitative estimate of drug-likeness (QED) is 0.149. The lowest BCUT2D eigenvalue weighted by molar-refractivity contribution is 0.420.